The quantitative estimate of drug-likeness (QED) is 0.377. The molecule has 0 aliphatic rings. The third kappa shape index (κ3) is 3.32. The van der Waals surface area contributed by atoms with Crippen LogP contribution >= 0.6 is 12.6 Å². The Labute approximate surface area is 72.0 Å². The lowest BCUT2D eigenvalue weighted by Crippen LogP contribution is -2.17. The zero-order valence-electron chi connectivity index (χ0n) is 6.76. The van der Waals surface area contributed by atoms with Gasteiger partial charge in [0, 0.05) is 5.75 Å². The minimum Gasteiger partial charge on any atom is -0.461 e. The Bertz CT molecular complexity index is 177. The van der Waals surface area contributed by atoms with Gasteiger partial charge in [0.05, 0.1) is 6.61 Å². The molecule has 0 unspecified atom stereocenters. The first kappa shape index (κ1) is 10.4. The van der Waals surface area contributed by atoms with Gasteiger partial charge in [-0.3, -0.25) is 0 Å². The molecule has 0 fully saturated rings. The van der Waals surface area contributed by atoms with Crippen LogP contribution in [0.5, 0.6) is 0 Å². The first-order valence-electron chi connectivity index (χ1n) is 3.36. The average Bonchev–Trinajstić information content (AvgIpc) is 2.02. The first-order chi connectivity index (χ1) is 5.13. The van der Waals surface area contributed by atoms with Crippen molar-refractivity contribution in [3.63, 3.8) is 0 Å². The van der Waals surface area contributed by atoms with Crippen LogP contribution in [-0.2, 0) is 9.53 Å². The molecule has 0 heterocycles. The number of nitrogens with two attached hydrogens (primary N) is 1. The van der Waals surface area contributed by atoms with Crippen molar-refractivity contribution in [3.05, 3.63) is 11.3 Å². The standard InChI is InChI=1S/C7H13NO2S/c1-3-10-7(9)6(8)5(2)4-11/h11H,3-4,8H2,1-2H3/b6-5-. The van der Waals surface area contributed by atoms with Gasteiger partial charge in [-0.05, 0) is 19.4 Å². The van der Waals surface area contributed by atoms with Crippen LogP contribution in [0.15, 0.2) is 11.3 Å². The predicted octanol–water partition coefficient (Wildman–Crippen LogP) is 0.712. The first-order valence-corrected chi connectivity index (χ1v) is 3.99. The molecule has 0 aliphatic heterocycles. The molecule has 0 aromatic carbocycles. The summed E-state index contributed by atoms with van der Waals surface area (Å²) in [4.78, 5) is 10.9. The highest BCUT2D eigenvalue weighted by Gasteiger charge is 2.07. The van der Waals surface area contributed by atoms with Crippen LogP contribution in [0.3, 0.4) is 0 Å². The molecule has 0 bridgehead atoms. The van der Waals surface area contributed by atoms with E-state index in [-0.39, 0.29) is 5.70 Å². The fourth-order valence-electron chi connectivity index (χ4n) is 0.468. The monoisotopic (exact) mass is 175 g/mol. The molecule has 0 atom stereocenters. The molecule has 0 spiro atoms. The van der Waals surface area contributed by atoms with E-state index in [0.717, 1.165) is 5.57 Å². The Balaban J connectivity index is 4.22. The minimum atomic E-state index is -0.459. The van der Waals surface area contributed by atoms with Gasteiger partial charge in [-0.1, -0.05) is 0 Å². The molecule has 4 heteroatoms. The lowest BCUT2D eigenvalue weighted by molar-refractivity contribution is -0.138. The van der Waals surface area contributed by atoms with Crippen molar-refractivity contribution >= 4 is 18.6 Å². The largest absolute Gasteiger partial charge is 0.461 e. The van der Waals surface area contributed by atoms with Crippen molar-refractivity contribution in [2.24, 2.45) is 5.73 Å². The number of esters is 1. The van der Waals surface area contributed by atoms with Gasteiger partial charge in [0.2, 0.25) is 0 Å². The maximum atomic E-state index is 10.9. The van der Waals surface area contributed by atoms with Crippen molar-refractivity contribution in [1.29, 1.82) is 0 Å². The average molecular weight is 175 g/mol. The number of carbonyl (C=O) groups excluding carboxylic acids is 1. The minimum absolute atomic E-state index is 0.168. The topological polar surface area (TPSA) is 52.3 Å². The highest BCUT2D eigenvalue weighted by Crippen LogP contribution is 2.01. The highest BCUT2D eigenvalue weighted by atomic mass is 32.1. The molecular weight excluding hydrogens is 162 g/mol. The molecule has 0 radical (unpaired) electrons. The molecule has 11 heavy (non-hydrogen) atoms. The summed E-state index contributed by atoms with van der Waals surface area (Å²) in [5, 5.41) is 0. The molecule has 64 valence electrons. The number of ether oxygens (including phenoxy) is 1. The van der Waals surface area contributed by atoms with Crippen LogP contribution in [0.25, 0.3) is 0 Å². The summed E-state index contributed by atoms with van der Waals surface area (Å²) >= 11 is 3.97. The molecule has 0 saturated heterocycles. The van der Waals surface area contributed by atoms with E-state index >= 15 is 0 Å². The van der Waals surface area contributed by atoms with E-state index in [1.165, 1.54) is 0 Å². The van der Waals surface area contributed by atoms with Gasteiger partial charge in [-0.2, -0.15) is 12.6 Å². The molecule has 0 rings (SSSR count). The number of hydrogen-bond donors (Lipinski definition) is 2. The lowest BCUT2D eigenvalue weighted by Gasteiger charge is -2.03. The van der Waals surface area contributed by atoms with Crippen LogP contribution in [0.2, 0.25) is 0 Å². The normalized spacial score (nSPS) is 12.3. The Morgan fingerprint density at radius 3 is 2.55 bits per heavy atom. The molecule has 3 nitrogen and oxygen atoms in total. The fourth-order valence-corrected chi connectivity index (χ4v) is 0.639. The zero-order valence-corrected chi connectivity index (χ0v) is 7.65. The number of carbonyl (C=O) groups is 1. The fraction of sp³-hybridized carbons (Fsp3) is 0.571. The summed E-state index contributed by atoms with van der Waals surface area (Å²) in [6.07, 6.45) is 0. The summed E-state index contributed by atoms with van der Waals surface area (Å²) in [7, 11) is 0. The van der Waals surface area contributed by atoms with Crippen LogP contribution in [0.4, 0.5) is 0 Å². The number of thiol groups is 1. The van der Waals surface area contributed by atoms with E-state index in [0.29, 0.717) is 12.4 Å². The van der Waals surface area contributed by atoms with Gasteiger partial charge in [-0.15, -0.1) is 0 Å². The van der Waals surface area contributed by atoms with Crippen molar-refractivity contribution in [3.8, 4) is 0 Å². The van der Waals surface area contributed by atoms with E-state index in [2.05, 4.69) is 17.4 Å². The zero-order chi connectivity index (χ0) is 8.85. The molecular formula is C7H13NO2S. The molecule has 2 N–H and O–H groups in total. The van der Waals surface area contributed by atoms with Crippen LogP contribution in [0.1, 0.15) is 13.8 Å². The predicted molar refractivity (Wildman–Crippen MR) is 47.4 cm³/mol. The van der Waals surface area contributed by atoms with Gasteiger partial charge >= 0.3 is 5.97 Å². The summed E-state index contributed by atoms with van der Waals surface area (Å²) in [5.74, 6) is 0.0176. The van der Waals surface area contributed by atoms with E-state index < -0.39 is 5.97 Å². The summed E-state index contributed by atoms with van der Waals surface area (Å²) < 4.78 is 4.67. The molecule has 0 aliphatic carbocycles. The van der Waals surface area contributed by atoms with Crippen molar-refractivity contribution in [2.75, 3.05) is 12.4 Å². The maximum Gasteiger partial charge on any atom is 0.354 e. The summed E-state index contributed by atoms with van der Waals surface area (Å²) in [6.45, 7) is 3.83. The van der Waals surface area contributed by atoms with Crippen molar-refractivity contribution in [2.45, 2.75) is 13.8 Å². The Kier molecular flexibility index (Phi) is 4.77. The second-order valence-corrected chi connectivity index (χ2v) is 2.39. The van der Waals surface area contributed by atoms with E-state index in [9.17, 15) is 4.79 Å². The SMILES string of the molecule is CCOC(=O)/C(N)=C(\C)CS. The second kappa shape index (κ2) is 5.07. The molecule has 0 aromatic heterocycles. The van der Waals surface area contributed by atoms with Gasteiger partial charge < -0.3 is 10.5 Å². The van der Waals surface area contributed by atoms with Crippen LogP contribution in [0, 0.1) is 0 Å². The molecule has 0 saturated carbocycles. The Morgan fingerprint density at radius 1 is 1.64 bits per heavy atom. The number of hydrogen-bond acceptors (Lipinski definition) is 4. The molecule has 0 amide bonds. The highest BCUT2D eigenvalue weighted by molar-refractivity contribution is 7.80. The third-order valence-electron chi connectivity index (χ3n) is 1.19. The van der Waals surface area contributed by atoms with Gasteiger partial charge in [0.15, 0.2) is 0 Å². The molecule has 0 aromatic rings. The number of rotatable bonds is 3. The van der Waals surface area contributed by atoms with Gasteiger partial charge in [0.1, 0.15) is 5.70 Å². The Morgan fingerprint density at radius 2 is 2.18 bits per heavy atom. The maximum absolute atomic E-state index is 10.9. The van der Waals surface area contributed by atoms with E-state index in [1.54, 1.807) is 13.8 Å². The van der Waals surface area contributed by atoms with Crippen molar-refractivity contribution < 1.29 is 9.53 Å². The smallest absolute Gasteiger partial charge is 0.354 e. The lowest BCUT2D eigenvalue weighted by atomic mass is 10.2. The van der Waals surface area contributed by atoms with Gasteiger partial charge in [-0.25, -0.2) is 4.79 Å². The third-order valence-corrected chi connectivity index (χ3v) is 1.67. The summed E-state index contributed by atoms with van der Waals surface area (Å²) in [6, 6.07) is 0. The van der Waals surface area contributed by atoms with Crippen molar-refractivity contribution in [1.82, 2.24) is 0 Å². The van der Waals surface area contributed by atoms with E-state index in [1.807, 2.05) is 0 Å². The van der Waals surface area contributed by atoms with Gasteiger partial charge in [0.25, 0.3) is 0 Å². The second-order valence-electron chi connectivity index (χ2n) is 2.07. The Hall–Kier alpha value is -0.640. The van der Waals surface area contributed by atoms with E-state index in [4.69, 9.17) is 5.73 Å². The summed E-state index contributed by atoms with van der Waals surface area (Å²) in [5.41, 5.74) is 6.32. The van der Waals surface area contributed by atoms with Crippen LogP contribution < -0.4 is 5.73 Å². The van der Waals surface area contributed by atoms with Crippen LogP contribution in [-0.4, -0.2) is 18.3 Å².